The van der Waals surface area contributed by atoms with E-state index in [1.54, 1.807) is 7.05 Å². The molecule has 0 saturated heterocycles. The Bertz CT molecular complexity index is 206. The van der Waals surface area contributed by atoms with Crippen LogP contribution in [0.5, 0.6) is 0 Å². The third kappa shape index (κ3) is 3.49. The second-order valence-corrected chi connectivity index (χ2v) is 4.59. The van der Waals surface area contributed by atoms with Crippen molar-refractivity contribution in [3.8, 4) is 0 Å². The largest absolute Gasteiger partial charge is 0.359 e. The van der Waals surface area contributed by atoms with Gasteiger partial charge in [-0.15, -0.1) is 0 Å². The summed E-state index contributed by atoms with van der Waals surface area (Å²) in [7, 11) is 1.73. The van der Waals surface area contributed by atoms with E-state index in [-0.39, 0.29) is 11.8 Å². The summed E-state index contributed by atoms with van der Waals surface area (Å²) in [6.07, 6.45) is 5.74. The van der Waals surface area contributed by atoms with Crippen LogP contribution in [-0.2, 0) is 4.79 Å². The summed E-state index contributed by atoms with van der Waals surface area (Å²) in [6.45, 7) is 4.37. The molecule has 1 amide bonds. The summed E-state index contributed by atoms with van der Waals surface area (Å²) in [5, 5.41) is 6.35. The fourth-order valence-corrected chi connectivity index (χ4v) is 2.31. The van der Waals surface area contributed by atoms with Crippen molar-refractivity contribution < 1.29 is 4.79 Å². The smallest absolute Gasteiger partial charge is 0.224 e. The van der Waals surface area contributed by atoms with Gasteiger partial charge in [-0.2, -0.15) is 0 Å². The fourth-order valence-electron chi connectivity index (χ4n) is 2.31. The van der Waals surface area contributed by atoms with Crippen LogP contribution in [0, 0.1) is 5.92 Å². The van der Waals surface area contributed by atoms with Gasteiger partial charge in [-0.05, 0) is 26.2 Å². The number of carbonyl (C=O) groups excluding carboxylic acids is 1. The first-order valence-electron chi connectivity index (χ1n) is 6.16. The lowest BCUT2D eigenvalue weighted by Gasteiger charge is -2.33. The van der Waals surface area contributed by atoms with Crippen LogP contribution in [0.4, 0.5) is 0 Å². The highest BCUT2D eigenvalue weighted by molar-refractivity contribution is 5.79. The van der Waals surface area contributed by atoms with Crippen LogP contribution >= 0.6 is 0 Å². The summed E-state index contributed by atoms with van der Waals surface area (Å²) in [5.41, 5.74) is 0. The molecular formula is C12H24N2O. The van der Waals surface area contributed by atoms with Crippen LogP contribution < -0.4 is 10.6 Å². The molecule has 0 bridgehead atoms. The average molecular weight is 212 g/mol. The summed E-state index contributed by atoms with van der Waals surface area (Å²) < 4.78 is 0. The van der Waals surface area contributed by atoms with Crippen molar-refractivity contribution in [1.82, 2.24) is 10.6 Å². The van der Waals surface area contributed by atoms with E-state index in [9.17, 15) is 4.79 Å². The molecule has 1 aliphatic rings. The van der Waals surface area contributed by atoms with Gasteiger partial charge in [0, 0.05) is 19.1 Å². The normalized spacial score (nSPS) is 28.5. The van der Waals surface area contributed by atoms with Gasteiger partial charge in [0.2, 0.25) is 5.91 Å². The molecule has 0 radical (unpaired) electrons. The van der Waals surface area contributed by atoms with Gasteiger partial charge in [0.15, 0.2) is 0 Å². The van der Waals surface area contributed by atoms with E-state index in [0.29, 0.717) is 12.1 Å². The highest BCUT2D eigenvalue weighted by Crippen LogP contribution is 2.25. The van der Waals surface area contributed by atoms with Gasteiger partial charge < -0.3 is 10.6 Å². The van der Waals surface area contributed by atoms with E-state index >= 15 is 0 Å². The molecule has 3 heteroatoms. The van der Waals surface area contributed by atoms with Gasteiger partial charge in [-0.25, -0.2) is 0 Å². The summed E-state index contributed by atoms with van der Waals surface area (Å²) in [4.78, 5) is 11.7. The van der Waals surface area contributed by atoms with Gasteiger partial charge in [0.25, 0.3) is 0 Å². The molecule has 1 fully saturated rings. The molecule has 1 rings (SSSR count). The van der Waals surface area contributed by atoms with Crippen molar-refractivity contribution in [1.29, 1.82) is 0 Å². The van der Waals surface area contributed by atoms with E-state index in [0.717, 1.165) is 19.3 Å². The topological polar surface area (TPSA) is 41.1 Å². The second-order valence-electron chi connectivity index (χ2n) is 4.59. The number of hydrogen-bond acceptors (Lipinski definition) is 2. The Morgan fingerprint density at radius 2 is 2.07 bits per heavy atom. The monoisotopic (exact) mass is 212 g/mol. The van der Waals surface area contributed by atoms with Crippen molar-refractivity contribution in [2.45, 2.75) is 58.0 Å². The average Bonchev–Trinajstić information content (AvgIpc) is 2.28. The lowest BCUT2D eigenvalue weighted by molar-refractivity contribution is -0.126. The maximum absolute atomic E-state index is 11.7. The van der Waals surface area contributed by atoms with Crippen LogP contribution in [0.1, 0.15) is 46.0 Å². The molecule has 3 nitrogen and oxygen atoms in total. The molecule has 0 aromatic rings. The molecule has 0 aromatic carbocycles. The van der Waals surface area contributed by atoms with Gasteiger partial charge in [-0.3, -0.25) is 4.79 Å². The Morgan fingerprint density at radius 3 is 2.67 bits per heavy atom. The quantitative estimate of drug-likeness (QED) is 0.744. The van der Waals surface area contributed by atoms with Crippen LogP contribution in [0.15, 0.2) is 0 Å². The zero-order valence-electron chi connectivity index (χ0n) is 10.2. The van der Waals surface area contributed by atoms with Gasteiger partial charge in [0.05, 0.1) is 5.92 Å². The molecule has 15 heavy (non-hydrogen) atoms. The van der Waals surface area contributed by atoms with Crippen molar-refractivity contribution >= 4 is 5.91 Å². The molecule has 88 valence electrons. The number of amides is 1. The molecule has 1 saturated carbocycles. The fraction of sp³-hybridized carbons (Fsp3) is 0.917. The minimum atomic E-state index is 0.178. The summed E-state index contributed by atoms with van der Waals surface area (Å²) in [6, 6.07) is 0.897. The van der Waals surface area contributed by atoms with Crippen LogP contribution in [-0.4, -0.2) is 25.0 Å². The first-order chi connectivity index (χ1) is 7.19. The van der Waals surface area contributed by atoms with Crippen molar-refractivity contribution in [3.63, 3.8) is 0 Å². The maximum atomic E-state index is 11.7. The maximum Gasteiger partial charge on any atom is 0.224 e. The lowest BCUT2D eigenvalue weighted by Crippen LogP contribution is -2.48. The van der Waals surface area contributed by atoms with Crippen molar-refractivity contribution in [3.05, 3.63) is 0 Å². The Labute approximate surface area is 93.0 Å². The van der Waals surface area contributed by atoms with E-state index in [1.807, 2.05) is 0 Å². The Morgan fingerprint density at radius 1 is 1.40 bits per heavy atom. The molecule has 0 spiro atoms. The highest BCUT2D eigenvalue weighted by atomic mass is 16.1. The van der Waals surface area contributed by atoms with E-state index in [4.69, 9.17) is 0 Å². The molecule has 0 heterocycles. The van der Waals surface area contributed by atoms with Gasteiger partial charge in [-0.1, -0.05) is 19.8 Å². The predicted octanol–water partition coefficient (Wildman–Crippen LogP) is 1.68. The molecule has 0 aliphatic heterocycles. The molecular weight excluding hydrogens is 188 g/mol. The molecule has 3 unspecified atom stereocenters. The molecule has 3 atom stereocenters. The number of hydrogen-bond donors (Lipinski definition) is 2. The predicted molar refractivity (Wildman–Crippen MR) is 62.7 cm³/mol. The Balaban J connectivity index is 2.53. The zero-order valence-corrected chi connectivity index (χ0v) is 10.2. The summed E-state index contributed by atoms with van der Waals surface area (Å²) in [5.74, 6) is 0.383. The van der Waals surface area contributed by atoms with E-state index in [2.05, 4.69) is 24.5 Å². The van der Waals surface area contributed by atoms with Crippen LogP contribution in [0.2, 0.25) is 0 Å². The minimum absolute atomic E-state index is 0.178. The Hall–Kier alpha value is -0.570. The standard InChI is InChI=1S/C12H24N2O/c1-4-9(2)14-11-8-6-5-7-10(11)12(15)13-3/h9-11,14H,4-8H2,1-3H3,(H,13,15). The minimum Gasteiger partial charge on any atom is -0.359 e. The number of rotatable bonds is 4. The van der Waals surface area contributed by atoms with Crippen LogP contribution in [0.25, 0.3) is 0 Å². The highest BCUT2D eigenvalue weighted by Gasteiger charge is 2.30. The first-order valence-corrected chi connectivity index (χ1v) is 6.16. The van der Waals surface area contributed by atoms with Crippen LogP contribution in [0.3, 0.4) is 0 Å². The zero-order chi connectivity index (χ0) is 11.3. The first kappa shape index (κ1) is 12.5. The van der Waals surface area contributed by atoms with Crippen molar-refractivity contribution in [2.75, 3.05) is 7.05 Å². The molecule has 2 N–H and O–H groups in total. The molecule has 1 aliphatic carbocycles. The Kier molecular flexibility index (Phi) is 5.09. The van der Waals surface area contributed by atoms with Gasteiger partial charge in [0.1, 0.15) is 0 Å². The second kappa shape index (κ2) is 6.11. The lowest BCUT2D eigenvalue weighted by atomic mass is 9.83. The third-order valence-corrected chi connectivity index (χ3v) is 3.46. The number of nitrogens with one attached hydrogen (secondary N) is 2. The van der Waals surface area contributed by atoms with Gasteiger partial charge >= 0.3 is 0 Å². The van der Waals surface area contributed by atoms with E-state index in [1.165, 1.54) is 12.8 Å². The molecule has 0 aromatic heterocycles. The van der Waals surface area contributed by atoms with E-state index < -0.39 is 0 Å². The van der Waals surface area contributed by atoms with Crippen molar-refractivity contribution in [2.24, 2.45) is 5.92 Å². The third-order valence-electron chi connectivity index (χ3n) is 3.46. The summed E-state index contributed by atoms with van der Waals surface area (Å²) >= 11 is 0. The number of carbonyl (C=O) groups is 1. The SMILES string of the molecule is CCC(C)NC1CCCCC1C(=O)NC.